The van der Waals surface area contributed by atoms with Crippen LogP contribution in [0.25, 0.3) is 11.1 Å². The number of benzene rings is 1. The molecule has 0 saturated carbocycles. The summed E-state index contributed by atoms with van der Waals surface area (Å²) in [6, 6.07) is 9.79. The van der Waals surface area contributed by atoms with E-state index in [4.69, 9.17) is 10.1 Å². The van der Waals surface area contributed by atoms with Crippen LogP contribution in [0, 0.1) is 0 Å². The van der Waals surface area contributed by atoms with Crippen molar-refractivity contribution >= 4 is 11.6 Å². The van der Waals surface area contributed by atoms with Gasteiger partial charge in [0.25, 0.3) is 0 Å². The third-order valence-electron chi connectivity index (χ3n) is 2.48. The summed E-state index contributed by atoms with van der Waals surface area (Å²) < 4.78 is 5.27. The van der Waals surface area contributed by atoms with Crippen LogP contribution in [-0.2, 0) is 4.74 Å². The van der Waals surface area contributed by atoms with Crippen LogP contribution < -0.4 is 0 Å². The van der Waals surface area contributed by atoms with Crippen molar-refractivity contribution < 1.29 is 4.74 Å². The van der Waals surface area contributed by atoms with E-state index in [1.165, 1.54) is 0 Å². The summed E-state index contributed by atoms with van der Waals surface area (Å²) in [5, 5.41) is 9.16. The molecule has 0 amide bonds. The van der Waals surface area contributed by atoms with Gasteiger partial charge in [0.05, 0.1) is 18.9 Å². The minimum Gasteiger partial charge on any atom is -0.762 e. The average molecular weight is 201 g/mol. The first-order valence-electron chi connectivity index (χ1n) is 5.07. The molecule has 1 aromatic carbocycles. The second-order valence-electron chi connectivity index (χ2n) is 3.43. The zero-order valence-electron chi connectivity index (χ0n) is 8.52. The highest BCUT2D eigenvalue weighted by molar-refractivity contribution is 5.90. The molecule has 78 valence electrons. The zero-order valence-corrected chi connectivity index (χ0v) is 8.52. The summed E-state index contributed by atoms with van der Waals surface area (Å²) in [5.74, 6) is 2.28. The summed E-state index contributed by atoms with van der Waals surface area (Å²) in [4.78, 5) is 2.08. The van der Waals surface area contributed by atoms with E-state index >= 15 is 0 Å². The number of hydrogen-bond acceptors (Lipinski definition) is 2. The lowest BCUT2D eigenvalue weighted by Crippen LogP contribution is -2.35. The summed E-state index contributed by atoms with van der Waals surface area (Å²) in [6.07, 6.45) is 0. The van der Waals surface area contributed by atoms with Crippen LogP contribution in [0.5, 0.6) is 0 Å². The average Bonchev–Trinajstić information content (AvgIpc) is 2.33. The van der Waals surface area contributed by atoms with Gasteiger partial charge in [-0.2, -0.15) is 0 Å². The van der Waals surface area contributed by atoms with Crippen LogP contribution in [0.2, 0.25) is 0 Å². The van der Waals surface area contributed by atoms with Crippen molar-refractivity contribution in [3.05, 3.63) is 41.3 Å². The van der Waals surface area contributed by atoms with E-state index in [1.807, 2.05) is 30.3 Å². The lowest BCUT2D eigenvalue weighted by molar-refractivity contribution is 0.0644. The van der Waals surface area contributed by atoms with Crippen LogP contribution >= 0.6 is 0 Å². The van der Waals surface area contributed by atoms with Gasteiger partial charge in [0.2, 0.25) is 0 Å². The van der Waals surface area contributed by atoms with Gasteiger partial charge in [0.15, 0.2) is 0 Å². The fraction of sp³-hybridized carbons (Fsp3) is 0.333. The van der Waals surface area contributed by atoms with Crippen molar-refractivity contribution in [2.24, 2.45) is 0 Å². The van der Waals surface area contributed by atoms with Gasteiger partial charge in [-0.1, -0.05) is 30.3 Å². The van der Waals surface area contributed by atoms with Crippen molar-refractivity contribution in [3.8, 4) is 0 Å². The van der Waals surface area contributed by atoms with Crippen molar-refractivity contribution in [1.82, 2.24) is 4.90 Å². The van der Waals surface area contributed by atoms with Gasteiger partial charge < -0.3 is 15.0 Å². The Kier molecular flexibility index (Phi) is 3.18. The number of hydrogen-bond donors (Lipinski definition) is 0. The van der Waals surface area contributed by atoms with Gasteiger partial charge in [-0.3, -0.25) is 0 Å². The van der Waals surface area contributed by atoms with E-state index < -0.39 is 0 Å². The Morgan fingerprint density at radius 3 is 2.47 bits per heavy atom. The van der Waals surface area contributed by atoms with Crippen LogP contribution in [0.4, 0.5) is 0 Å². The van der Waals surface area contributed by atoms with Crippen molar-refractivity contribution in [2.75, 3.05) is 26.3 Å². The molecule has 3 nitrogen and oxygen atoms in total. The Hall–Kier alpha value is -1.57. The second kappa shape index (κ2) is 4.78. The van der Waals surface area contributed by atoms with Gasteiger partial charge in [0, 0.05) is 18.7 Å². The molecule has 1 aliphatic heterocycles. The number of ether oxygens (including phenoxy) is 1. The Morgan fingerprint density at radius 2 is 1.87 bits per heavy atom. The maximum Gasteiger partial charge on any atom is 0.0642 e. The van der Waals surface area contributed by atoms with Crippen molar-refractivity contribution in [2.45, 2.75) is 0 Å². The molecular weight excluding hydrogens is 188 g/mol. The van der Waals surface area contributed by atoms with Crippen LogP contribution in [-0.4, -0.2) is 37.1 Å². The van der Waals surface area contributed by atoms with Crippen molar-refractivity contribution in [3.63, 3.8) is 0 Å². The molecule has 0 N–H and O–H groups in total. The predicted octanol–water partition coefficient (Wildman–Crippen LogP) is 1.60. The summed E-state index contributed by atoms with van der Waals surface area (Å²) in [6.45, 7) is 3.02. The van der Waals surface area contributed by atoms with E-state index in [2.05, 4.69) is 10.8 Å². The third kappa shape index (κ3) is 2.27. The standard InChI is InChI=1S/C12H13N2O/c13-10-12(11-4-2-1-3-5-11)14-6-8-15-9-7-14/h1-5H,6-9H2/q-1. The van der Waals surface area contributed by atoms with E-state index in [-0.39, 0.29) is 0 Å². The highest BCUT2D eigenvalue weighted by Gasteiger charge is 2.13. The van der Waals surface area contributed by atoms with Crippen LogP contribution in [0.3, 0.4) is 0 Å². The van der Waals surface area contributed by atoms with E-state index in [9.17, 15) is 0 Å². The molecule has 1 saturated heterocycles. The number of morpholine rings is 1. The fourth-order valence-electron chi connectivity index (χ4n) is 1.70. The molecule has 1 fully saturated rings. The first-order chi connectivity index (χ1) is 7.42. The minimum atomic E-state index is 0.706. The van der Waals surface area contributed by atoms with Gasteiger partial charge in [0.1, 0.15) is 0 Å². The first-order valence-corrected chi connectivity index (χ1v) is 5.07. The monoisotopic (exact) mass is 201 g/mol. The van der Waals surface area contributed by atoms with Gasteiger partial charge in [-0.25, -0.2) is 5.87 Å². The Morgan fingerprint density at radius 1 is 1.20 bits per heavy atom. The molecule has 0 unspecified atom stereocenters. The number of rotatable bonds is 2. The summed E-state index contributed by atoms with van der Waals surface area (Å²) in [5.41, 5.74) is 1.74. The Balaban J connectivity index is 2.21. The molecule has 2 rings (SSSR count). The van der Waals surface area contributed by atoms with E-state index in [0.29, 0.717) is 13.2 Å². The number of nitrogens with zero attached hydrogens (tertiary/aromatic N) is 2. The topological polar surface area (TPSA) is 34.8 Å². The molecule has 0 aliphatic carbocycles. The molecule has 0 aromatic heterocycles. The van der Waals surface area contributed by atoms with Crippen molar-refractivity contribution in [1.29, 1.82) is 0 Å². The zero-order chi connectivity index (χ0) is 10.5. The quantitative estimate of drug-likeness (QED) is 0.681. The molecule has 15 heavy (non-hydrogen) atoms. The third-order valence-corrected chi connectivity index (χ3v) is 2.48. The highest BCUT2D eigenvalue weighted by atomic mass is 16.5. The Labute approximate surface area is 89.5 Å². The molecule has 0 spiro atoms. The lowest BCUT2D eigenvalue weighted by Gasteiger charge is -2.30. The maximum absolute atomic E-state index is 9.16. The molecule has 3 heteroatoms. The largest absolute Gasteiger partial charge is 0.762 e. The normalized spacial score (nSPS) is 15.9. The second-order valence-corrected chi connectivity index (χ2v) is 3.43. The molecule has 0 atom stereocenters. The van der Waals surface area contributed by atoms with Crippen LogP contribution in [0.1, 0.15) is 5.56 Å². The smallest absolute Gasteiger partial charge is 0.0642 e. The molecule has 1 aliphatic rings. The molecule has 1 aromatic rings. The molecule has 0 bridgehead atoms. The summed E-state index contributed by atoms with van der Waals surface area (Å²) >= 11 is 0. The predicted molar refractivity (Wildman–Crippen MR) is 60.6 cm³/mol. The van der Waals surface area contributed by atoms with Gasteiger partial charge >= 0.3 is 0 Å². The fourth-order valence-corrected chi connectivity index (χ4v) is 1.70. The van der Waals surface area contributed by atoms with Crippen LogP contribution in [0.15, 0.2) is 30.3 Å². The Bertz CT molecular complexity index is 362. The van der Waals surface area contributed by atoms with E-state index in [1.54, 1.807) is 0 Å². The van der Waals surface area contributed by atoms with Gasteiger partial charge in [-0.15, -0.1) is 0 Å². The molecule has 0 radical (unpaired) electrons. The van der Waals surface area contributed by atoms with Gasteiger partial charge in [-0.05, 0) is 0 Å². The SMILES string of the molecule is [N-]=C=C(c1ccccc1)N1CCOCC1. The van der Waals surface area contributed by atoms with E-state index in [0.717, 1.165) is 24.4 Å². The lowest BCUT2D eigenvalue weighted by atomic mass is 10.1. The summed E-state index contributed by atoms with van der Waals surface area (Å²) in [7, 11) is 0. The molecule has 1 heterocycles. The highest BCUT2D eigenvalue weighted by Crippen LogP contribution is 2.17. The first kappa shape index (κ1) is 9.97. The molecular formula is C12H13N2O-. The maximum atomic E-state index is 9.16. The minimum absolute atomic E-state index is 0.706.